The van der Waals surface area contributed by atoms with Gasteiger partial charge < -0.3 is 13.9 Å². The summed E-state index contributed by atoms with van der Waals surface area (Å²) in [5.74, 6) is 0.866. The van der Waals surface area contributed by atoms with Crippen LogP contribution in [0.4, 0.5) is 0 Å². The molecule has 1 unspecified atom stereocenters. The summed E-state index contributed by atoms with van der Waals surface area (Å²) >= 11 is 2.35. The van der Waals surface area contributed by atoms with Crippen LogP contribution in [0.5, 0.6) is 5.75 Å². The van der Waals surface area contributed by atoms with Crippen LogP contribution in [-0.4, -0.2) is 28.1 Å². The van der Waals surface area contributed by atoms with Crippen LogP contribution in [0.3, 0.4) is 0 Å². The third-order valence-corrected chi connectivity index (χ3v) is 9.64. The third-order valence-electron chi connectivity index (χ3n) is 4.66. The highest BCUT2D eigenvalue weighted by atomic mass is 127. The molecule has 0 heterocycles. The Morgan fingerprint density at radius 3 is 2.28 bits per heavy atom. The van der Waals surface area contributed by atoms with E-state index in [1.165, 1.54) is 3.58 Å². The first kappa shape index (κ1) is 22.7. The highest BCUT2D eigenvalue weighted by Crippen LogP contribution is 2.37. The quantitative estimate of drug-likeness (QED) is 0.308. The molecule has 0 saturated heterocycles. The van der Waals surface area contributed by atoms with Crippen molar-refractivity contribution in [3.05, 3.63) is 39.5 Å². The first-order valence-corrected chi connectivity index (χ1v) is 12.7. The average Bonchev–Trinajstić information content (AvgIpc) is 2.51. The van der Waals surface area contributed by atoms with Gasteiger partial charge in [-0.15, -0.1) is 0 Å². The minimum absolute atomic E-state index is 0.101. The maximum Gasteiger partial charge on any atom is 0.192 e. The fraction of sp³-hybridized carbons (Fsp3) is 0.600. The zero-order valence-corrected chi connectivity index (χ0v) is 19.8. The molecule has 0 bridgehead atoms. The number of rotatable bonds is 9. The second-order valence-electron chi connectivity index (χ2n) is 7.89. The molecule has 0 spiro atoms. The molecule has 5 heteroatoms. The summed E-state index contributed by atoms with van der Waals surface area (Å²) < 4.78 is 19.0. The van der Waals surface area contributed by atoms with E-state index in [2.05, 4.69) is 69.5 Å². The Bertz CT molecular complexity index is 543. The van der Waals surface area contributed by atoms with E-state index >= 15 is 0 Å². The standard InChI is InChI=1S/C20H33IO3Si/c1-16(21)8-11-19(24-25(6,7)20(2,3)4)15-23-14-17-9-12-18(22-5)13-10-17/h8-10,12-13,19H,11,14-15H2,1-7H3/b16-8+. The van der Waals surface area contributed by atoms with Gasteiger partial charge in [0.05, 0.1) is 26.4 Å². The van der Waals surface area contributed by atoms with Crippen LogP contribution >= 0.6 is 22.6 Å². The molecule has 0 saturated carbocycles. The van der Waals surface area contributed by atoms with Gasteiger partial charge in [0.15, 0.2) is 8.32 Å². The Morgan fingerprint density at radius 2 is 1.80 bits per heavy atom. The molecular weight excluding hydrogens is 443 g/mol. The maximum atomic E-state index is 6.57. The van der Waals surface area contributed by atoms with Crippen molar-refractivity contribution in [3.63, 3.8) is 0 Å². The Labute approximate surface area is 168 Å². The number of halogens is 1. The number of methoxy groups -OCH3 is 1. The van der Waals surface area contributed by atoms with Gasteiger partial charge in [0.2, 0.25) is 0 Å². The molecule has 1 rings (SSSR count). The molecule has 0 aliphatic rings. The lowest BCUT2D eigenvalue weighted by molar-refractivity contribution is 0.0358. The molecule has 1 aromatic rings. The molecule has 25 heavy (non-hydrogen) atoms. The van der Waals surface area contributed by atoms with Crippen LogP contribution in [0.1, 0.15) is 39.7 Å². The molecule has 0 radical (unpaired) electrons. The van der Waals surface area contributed by atoms with Gasteiger partial charge in [-0.2, -0.15) is 0 Å². The van der Waals surface area contributed by atoms with E-state index in [0.29, 0.717) is 13.2 Å². The van der Waals surface area contributed by atoms with Crippen molar-refractivity contribution in [2.24, 2.45) is 0 Å². The molecule has 0 aromatic heterocycles. The van der Waals surface area contributed by atoms with E-state index in [-0.39, 0.29) is 11.1 Å². The molecule has 0 fully saturated rings. The summed E-state index contributed by atoms with van der Waals surface area (Å²) in [6.45, 7) is 14.7. The van der Waals surface area contributed by atoms with Gasteiger partial charge in [0.1, 0.15) is 5.75 Å². The van der Waals surface area contributed by atoms with Gasteiger partial charge in [-0.05, 0) is 75.3 Å². The summed E-state index contributed by atoms with van der Waals surface area (Å²) in [5.41, 5.74) is 1.15. The van der Waals surface area contributed by atoms with E-state index in [0.717, 1.165) is 17.7 Å². The van der Waals surface area contributed by atoms with Crippen molar-refractivity contribution in [2.75, 3.05) is 13.7 Å². The van der Waals surface area contributed by atoms with Crippen molar-refractivity contribution in [3.8, 4) is 5.75 Å². The van der Waals surface area contributed by atoms with Crippen LogP contribution in [-0.2, 0) is 15.8 Å². The van der Waals surface area contributed by atoms with Crippen molar-refractivity contribution >= 4 is 30.9 Å². The number of allylic oxidation sites excluding steroid dienone is 1. The maximum absolute atomic E-state index is 6.57. The predicted octanol–water partition coefficient (Wildman–Crippen LogP) is 6.33. The van der Waals surface area contributed by atoms with Crippen LogP contribution < -0.4 is 4.74 Å². The highest BCUT2D eigenvalue weighted by molar-refractivity contribution is 14.1. The van der Waals surface area contributed by atoms with Crippen LogP contribution in [0.2, 0.25) is 18.1 Å². The predicted molar refractivity (Wildman–Crippen MR) is 117 cm³/mol. The summed E-state index contributed by atoms with van der Waals surface area (Å²) in [7, 11) is -0.132. The first-order chi connectivity index (χ1) is 11.5. The SMILES string of the molecule is COc1ccc(COCC(C/C=C(\C)I)O[Si](C)(C)C(C)(C)C)cc1. The zero-order chi connectivity index (χ0) is 19.1. The van der Waals surface area contributed by atoms with Crippen LogP contribution in [0.15, 0.2) is 33.9 Å². The molecule has 1 atom stereocenters. The van der Waals surface area contributed by atoms with E-state index < -0.39 is 8.32 Å². The smallest absolute Gasteiger partial charge is 0.192 e. The minimum Gasteiger partial charge on any atom is -0.497 e. The molecular formula is C20H33IO3Si. The largest absolute Gasteiger partial charge is 0.497 e. The fourth-order valence-corrected chi connectivity index (χ4v) is 3.67. The Hall–Kier alpha value is -0.373. The van der Waals surface area contributed by atoms with Gasteiger partial charge >= 0.3 is 0 Å². The topological polar surface area (TPSA) is 27.7 Å². The number of benzene rings is 1. The molecule has 142 valence electrons. The monoisotopic (exact) mass is 476 g/mol. The first-order valence-electron chi connectivity index (χ1n) is 8.76. The van der Waals surface area contributed by atoms with Crippen LogP contribution in [0.25, 0.3) is 0 Å². The van der Waals surface area contributed by atoms with Gasteiger partial charge in [-0.1, -0.05) is 39.0 Å². The molecule has 3 nitrogen and oxygen atoms in total. The third kappa shape index (κ3) is 8.24. The molecule has 0 N–H and O–H groups in total. The molecule has 0 aliphatic heterocycles. The van der Waals surface area contributed by atoms with Gasteiger partial charge in [0.25, 0.3) is 0 Å². The summed E-state index contributed by atoms with van der Waals surface area (Å²) in [6, 6.07) is 8.00. The lowest BCUT2D eigenvalue weighted by Crippen LogP contribution is -2.45. The number of hydrogen-bond acceptors (Lipinski definition) is 3. The van der Waals surface area contributed by atoms with E-state index in [1.54, 1.807) is 7.11 Å². The van der Waals surface area contributed by atoms with E-state index in [9.17, 15) is 0 Å². The fourth-order valence-electron chi connectivity index (χ4n) is 2.07. The van der Waals surface area contributed by atoms with E-state index in [1.807, 2.05) is 24.3 Å². The number of hydrogen-bond donors (Lipinski definition) is 0. The van der Waals surface area contributed by atoms with Crippen molar-refractivity contribution < 1.29 is 13.9 Å². The Balaban J connectivity index is 2.65. The second kappa shape index (κ2) is 10.1. The second-order valence-corrected chi connectivity index (χ2v) is 14.3. The molecule has 0 aliphatic carbocycles. The molecule has 1 aromatic carbocycles. The van der Waals surface area contributed by atoms with Gasteiger partial charge in [-0.25, -0.2) is 0 Å². The zero-order valence-electron chi connectivity index (χ0n) is 16.7. The highest BCUT2D eigenvalue weighted by Gasteiger charge is 2.39. The summed E-state index contributed by atoms with van der Waals surface area (Å²) in [6.07, 6.45) is 3.22. The number of ether oxygens (including phenoxy) is 2. The van der Waals surface area contributed by atoms with Gasteiger partial charge in [0, 0.05) is 0 Å². The minimum atomic E-state index is -1.81. The summed E-state index contributed by atoms with van der Waals surface area (Å²) in [5, 5.41) is 0.199. The average molecular weight is 476 g/mol. The summed E-state index contributed by atoms with van der Waals surface area (Å²) in [4.78, 5) is 0. The lowest BCUT2D eigenvalue weighted by atomic mass is 10.2. The molecule has 0 amide bonds. The Morgan fingerprint density at radius 1 is 1.20 bits per heavy atom. The van der Waals surface area contributed by atoms with Crippen molar-refractivity contribution in [1.82, 2.24) is 0 Å². The lowest BCUT2D eigenvalue weighted by Gasteiger charge is -2.39. The van der Waals surface area contributed by atoms with Crippen molar-refractivity contribution in [1.29, 1.82) is 0 Å². The van der Waals surface area contributed by atoms with Gasteiger partial charge in [-0.3, -0.25) is 0 Å². The normalized spacial score (nSPS) is 14.5. The van der Waals surface area contributed by atoms with Crippen molar-refractivity contribution in [2.45, 2.75) is 65.0 Å². The van der Waals surface area contributed by atoms with E-state index in [4.69, 9.17) is 13.9 Å². The van der Waals surface area contributed by atoms with Crippen LogP contribution in [0, 0.1) is 0 Å². The Kier molecular flexibility index (Phi) is 9.15.